The molecule has 2 heterocycles. The van der Waals surface area contributed by atoms with Crippen molar-refractivity contribution in [1.29, 1.82) is 0 Å². The van der Waals surface area contributed by atoms with E-state index in [1.807, 2.05) is 24.5 Å². The minimum atomic E-state index is -0.221. The maximum atomic E-state index is 6.24. The van der Waals surface area contributed by atoms with Gasteiger partial charge >= 0.3 is 0 Å². The van der Waals surface area contributed by atoms with E-state index in [2.05, 4.69) is 75.2 Å². The Hall–Kier alpha value is -3.40. The molecular weight excluding hydrogens is 332 g/mol. The summed E-state index contributed by atoms with van der Waals surface area (Å²) in [5.74, 6) is 0.479. The molecular formula is C23H20N4. The lowest BCUT2D eigenvalue weighted by Gasteiger charge is -2.34. The molecule has 0 fully saturated rings. The van der Waals surface area contributed by atoms with Crippen LogP contribution < -0.4 is 5.73 Å². The molecule has 0 saturated carbocycles. The second-order valence-electron chi connectivity index (χ2n) is 7.08. The van der Waals surface area contributed by atoms with Crippen molar-refractivity contribution in [3.8, 4) is 0 Å². The number of para-hydroxylation sites is 1. The third kappa shape index (κ3) is 2.53. The van der Waals surface area contributed by atoms with Crippen molar-refractivity contribution in [3.63, 3.8) is 0 Å². The van der Waals surface area contributed by atoms with Gasteiger partial charge in [-0.1, -0.05) is 72.8 Å². The fourth-order valence-electron chi connectivity index (χ4n) is 4.08. The Morgan fingerprint density at radius 2 is 1.81 bits per heavy atom. The zero-order valence-electron chi connectivity index (χ0n) is 14.9. The van der Waals surface area contributed by atoms with Crippen molar-refractivity contribution in [2.75, 3.05) is 5.73 Å². The highest BCUT2D eigenvalue weighted by atomic mass is 15.1. The Balaban J connectivity index is 1.79. The van der Waals surface area contributed by atoms with E-state index in [-0.39, 0.29) is 5.54 Å². The monoisotopic (exact) mass is 352 g/mol. The molecule has 0 aliphatic heterocycles. The molecule has 0 bridgehead atoms. The van der Waals surface area contributed by atoms with Crippen molar-refractivity contribution in [2.45, 2.75) is 18.4 Å². The van der Waals surface area contributed by atoms with Gasteiger partial charge in [-0.05, 0) is 24.5 Å². The minimum absolute atomic E-state index is 0.221. The molecule has 2 aromatic heterocycles. The number of nitrogens with zero attached hydrogens (tertiary/aromatic N) is 3. The van der Waals surface area contributed by atoms with E-state index in [1.54, 1.807) is 0 Å². The van der Waals surface area contributed by atoms with Crippen molar-refractivity contribution in [3.05, 3.63) is 90.8 Å². The van der Waals surface area contributed by atoms with Gasteiger partial charge in [0.25, 0.3) is 0 Å². The summed E-state index contributed by atoms with van der Waals surface area (Å²) in [6, 6.07) is 18.7. The van der Waals surface area contributed by atoms with Gasteiger partial charge in [-0.2, -0.15) is 0 Å². The van der Waals surface area contributed by atoms with E-state index >= 15 is 0 Å². The summed E-state index contributed by atoms with van der Waals surface area (Å²) in [7, 11) is 0. The van der Waals surface area contributed by atoms with Crippen LogP contribution in [0, 0.1) is 0 Å². The standard InChI is InChI=1S/C23H20N4/c24-22-20-21(18-11-5-6-12-19(18)26-22)27(16-25-20)23(13-7-2-8-14-23)15-17-9-3-1-4-10-17/h1-13,16H,14-15H2,(H2,24,26)/t23-/m1/s1. The maximum Gasteiger partial charge on any atom is 0.152 e. The highest BCUT2D eigenvalue weighted by molar-refractivity contribution is 6.06. The molecule has 4 heteroatoms. The van der Waals surface area contributed by atoms with Gasteiger partial charge in [-0.15, -0.1) is 0 Å². The first kappa shape index (κ1) is 15.8. The lowest BCUT2D eigenvalue weighted by atomic mass is 9.84. The first-order chi connectivity index (χ1) is 13.3. The molecule has 27 heavy (non-hydrogen) atoms. The van der Waals surface area contributed by atoms with Crippen LogP contribution in [0.25, 0.3) is 21.9 Å². The van der Waals surface area contributed by atoms with Crippen molar-refractivity contribution in [2.24, 2.45) is 0 Å². The molecule has 4 aromatic rings. The Kier molecular flexibility index (Phi) is 3.57. The predicted molar refractivity (Wildman–Crippen MR) is 110 cm³/mol. The number of allylic oxidation sites excluding steroid dienone is 4. The van der Waals surface area contributed by atoms with E-state index in [9.17, 15) is 0 Å². The Morgan fingerprint density at radius 1 is 1.00 bits per heavy atom. The van der Waals surface area contributed by atoms with Gasteiger partial charge in [-0.25, -0.2) is 9.97 Å². The second-order valence-corrected chi connectivity index (χ2v) is 7.08. The quantitative estimate of drug-likeness (QED) is 0.585. The number of benzene rings is 2. The van der Waals surface area contributed by atoms with E-state index < -0.39 is 0 Å². The smallest absolute Gasteiger partial charge is 0.152 e. The van der Waals surface area contributed by atoms with E-state index in [0.717, 1.165) is 34.8 Å². The summed E-state index contributed by atoms with van der Waals surface area (Å²) in [5, 5.41) is 1.08. The van der Waals surface area contributed by atoms with Gasteiger partial charge in [0.05, 0.1) is 22.9 Å². The van der Waals surface area contributed by atoms with Crippen molar-refractivity contribution < 1.29 is 0 Å². The van der Waals surface area contributed by atoms with Gasteiger partial charge in [0.2, 0.25) is 0 Å². The Morgan fingerprint density at radius 3 is 2.63 bits per heavy atom. The van der Waals surface area contributed by atoms with Crippen LogP contribution in [0.3, 0.4) is 0 Å². The van der Waals surface area contributed by atoms with Gasteiger partial charge in [0, 0.05) is 5.39 Å². The lowest BCUT2D eigenvalue weighted by Crippen LogP contribution is -2.34. The number of fused-ring (bicyclic) bond motifs is 3. The zero-order chi connectivity index (χ0) is 18.3. The van der Waals surface area contributed by atoms with Crippen LogP contribution in [0.15, 0.2) is 85.2 Å². The predicted octanol–water partition coefficient (Wildman–Crippen LogP) is 4.62. The molecule has 0 radical (unpaired) electrons. The highest BCUT2D eigenvalue weighted by Gasteiger charge is 2.32. The van der Waals surface area contributed by atoms with E-state index in [1.165, 1.54) is 5.56 Å². The number of aromatic nitrogens is 3. The van der Waals surface area contributed by atoms with E-state index in [4.69, 9.17) is 5.73 Å². The number of rotatable bonds is 3. The molecule has 1 atom stereocenters. The molecule has 1 aliphatic rings. The van der Waals surface area contributed by atoms with Gasteiger partial charge < -0.3 is 10.3 Å². The maximum absolute atomic E-state index is 6.24. The fraction of sp³-hybridized carbons (Fsp3) is 0.130. The second kappa shape index (κ2) is 6.09. The van der Waals surface area contributed by atoms with E-state index in [0.29, 0.717) is 5.82 Å². The summed E-state index contributed by atoms with van der Waals surface area (Å²) in [6.45, 7) is 0. The number of anilines is 1. The summed E-state index contributed by atoms with van der Waals surface area (Å²) < 4.78 is 2.29. The van der Waals surface area contributed by atoms with Gasteiger partial charge in [0.15, 0.2) is 5.82 Å². The lowest BCUT2D eigenvalue weighted by molar-refractivity contribution is 0.378. The summed E-state index contributed by atoms with van der Waals surface area (Å²) in [6.07, 6.45) is 12.5. The molecule has 2 aromatic carbocycles. The minimum Gasteiger partial charge on any atom is -0.382 e. The average molecular weight is 352 g/mol. The average Bonchev–Trinajstić information content (AvgIpc) is 3.17. The van der Waals surface area contributed by atoms with Crippen molar-refractivity contribution >= 4 is 27.8 Å². The molecule has 5 rings (SSSR count). The topological polar surface area (TPSA) is 56.7 Å². The third-order valence-electron chi connectivity index (χ3n) is 5.37. The molecule has 0 saturated heterocycles. The molecule has 0 unspecified atom stereocenters. The highest BCUT2D eigenvalue weighted by Crippen LogP contribution is 2.37. The molecule has 0 amide bonds. The summed E-state index contributed by atoms with van der Waals surface area (Å²) in [4.78, 5) is 9.19. The molecule has 4 nitrogen and oxygen atoms in total. The number of nitrogens with two attached hydrogens (primary N) is 1. The number of hydrogen-bond donors (Lipinski definition) is 1. The Bertz CT molecular complexity index is 1190. The number of hydrogen-bond acceptors (Lipinski definition) is 3. The number of nitrogen functional groups attached to an aromatic ring is 1. The van der Waals surface area contributed by atoms with Crippen LogP contribution >= 0.6 is 0 Å². The summed E-state index contributed by atoms with van der Waals surface area (Å²) in [5.41, 5.74) is 10.0. The SMILES string of the molecule is Nc1nc2ccccc2c2c1ncn2[C@]1(Cc2ccccc2)C=CC=CC1. The van der Waals surface area contributed by atoms with Crippen LogP contribution in [-0.4, -0.2) is 14.5 Å². The zero-order valence-corrected chi connectivity index (χ0v) is 14.9. The molecule has 0 spiro atoms. The van der Waals surface area contributed by atoms with Crippen LogP contribution in [0.5, 0.6) is 0 Å². The first-order valence-corrected chi connectivity index (χ1v) is 9.17. The normalized spacial score (nSPS) is 19.1. The van der Waals surface area contributed by atoms with Crippen LogP contribution in [0.1, 0.15) is 12.0 Å². The van der Waals surface area contributed by atoms with Crippen molar-refractivity contribution in [1.82, 2.24) is 14.5 Å². The number of pyridine rings is 1. The molecule has 2 N–H and O–H groups in total. The number of imidazole rings is 1. The van der Waals surface area contributed by atoms with Crippen LogP contribution in [-0.2, 0) is 12.0 Å². The first-order valence-electron chi connectivity index (χ1n) is 9.17. The molecule has 1 aliphatic carbocycles. The van der Waals surface area contributed by atoms with Crippen LogP contribution in [0.2, 0.25) is 0 Å². The third-order valence-corrected chi connectivity index (χ3v) is 5.37. The van der Waals surface area contributed by atoms with Gasteiger partial charge in [0.1, 0.15) is 5.52 Å². The largest absolute Gasteiger partial charge is 0.382 e. The Labute approximate surface area is 157 Å². The summed E-state index contributed by atoms with van der Waals surface area (Å²) >= 11 is 0. The fourth-order valence-corrected chi connectivity index (χ4v) is 4.08. The van der Waals surface area contributed by atoms with Gasteiger partial charge in [-0.3, -0.25) is 0 Å². The molecule has 132 valence electrons. The van der Waals surface area contributed by atoms with Crippen LogP contribution in [0.4, 0.5) is 5.82 Å².